The third kappa shape index (κ3) is 2.31. The third-order valence-electron chi connectivity index (χ3n) is 2.88. The van der Waals surface area contributed by atoms with E-state index >= 15 is 0 Å². The molecule has 2 rings (SSSR count). The normalized spacial score (nSPS) is 10.5. The van der Waals surface area contributed by atoms with E-state index in [1.54, 1.807) is 7.05 Å². The van der Waals surface area contributed by atoms with Crippen LogP contribution in [0, 0.1) is 6.92 Å². The highest BCUT2D eigenvalue weighted by molar-refractivity contribution is 9.10. The summed E-state index contributed by atoms with van der Waals surface area (Å²) in [6.45, 7) is 1.91. The Hall–Kier alpha value is -1.95. The van der Waals surface area contributed by atoms with Gasteiger partial charge in [0.15, 0.2) is 6.29 Å². The van der Waals surface area contributed by atoms with E-state index in [0.29, 0.717) is 12.0 Å². The van der Waals surface area contributed by atoms with Crippen molar-refractivity contribution in [3.63, 3.8) is 0 Å². The number of aromatic nitrogens is 2. The maximum Gasteiger partial charge on any atom is 0.267 e. The van der Waals surface area contributed by atoms with Crippen LogP contribution < -0.4 is 5.73 Å². The summed E-state index contributed by atoms with van der Waals surface area (Å²) in [5.41, 5.74) is 7.84. The van der Waals surface area contributed by atoms with Gasteiger partial charge in [-0.15, -0.1) is 0 Å². The van der Waals surface area contributed by atoms with E-state index in [-0.39, 0.29) is 11.3 Å². The first-order valence-corrected chi connectivity index (χ1v) is 6.33. The number of rotatable bonds is 3. The van der Waals surface area contributed by atoms with E-state index in [0.717, 1.165) is 15.6 Å². The number of primary amides is 1. The van der Waals surface area contributed by atoms with Crippen molar-refractivity contribution in [1.82, 2.24) is 9.78 Å². The molecule has 1 aromatic heterocycles. The van der Waals surface area contributed by atoms with Crippen molar-refractivity contribution in [1.29, 1.82) is 0 Å². The minimum Gasteiger partial charge on any atom is -0.364 e. The molecule has 0 radical (unpaired) electrons. The number of aryl methyl sites for hydroxylation is 2. The van der Waals surface area contributed by atoms with E-state index < -0.39 is 5.91 Å². The molecule has 2 aromatic rings. The average Bonchev–Trinajstić information content (AvgIpc) is 2.65. The molecule has 0 aliphatic carbocycles. The minimum atomic E-state index is -0.668. The Balaban J connectivity index is 2.72. The van der Waals surface area contributed by atoms with Crippen molar-refractivity contribution in [2.24, 2.45) is 12.8 Å². The zero-order chi connectivity index (χ0) is 14.2. The molecule has 0 aliphatic rings. The molecule has 6 heteroatoms. The van der Waals surface area contributed by atoms with Gasteiger partial charge in [-0.25, -0.2) is 0 Å². The molecule has 0 atom stereocenters. The molecule has 0 fully saturated rings. The summed E-state index contributed by atoms with van der Waals surface area (Å²) >= 11 is 3.38. The Morgan fingerprint density at radius 2 is 2.16 bits per heavy atom. The van der Waals surface area contributed by atoms with Gasteiger partial charge in [0, 0.05) is 17.1 Å². The molecule has 5 nitrogen and oxygen atoms in total. The second-order valence-electron chi connectivity index (χ2n) is 4.18. The van der Waals surface area contributed by atoms with Crippen LogP contribution in [0.4, 0.5) is 0 Å². The number of carbonyl (C=O) groups is 2. The fourth-order valence-electron chi connectivity index (χ4n) is 2.04. The van der Waals surface area contributed by atoms with Crippen molar-refractivity contribution in [2.45, 2.75) is 6.92 Å². The molecule has 0 bridgehead atoms. The van der Waals surface area contributed by atoms with Crippen molar-refractivity contribution >= 4 is 28.1 Å². The molecule has 0 saturated heterocycles. The van der Waals surface area contributed by atoms with Crippen LogP contribution in [0.15, 0.2) is 22.7 Å². The second-order valence-corrected chi connectivity index (χ2v) is 5.09. The molecular formula is C13H12BrN3O2. The van der Waals surface area contributed by atoms with Crippen molar-refractivity contribution < 1.29 is 9.59 Å². The summed E-state index contributed by atoms with van der Waals surface area (Å²) in [6.07, 6.45) is 0.615. The lowest BCUT2D eigenvalue weighted by Gasteiger charge is -2.04. The molecule has 98 valence electrons. The Morgan fingerprint density at radius 1 is 1.47 bits per heavy atom. The summed E-state index contributed by atoms with van der Waals surface area (Å²) in [4.78, 5) is 22.6. The molecular weight excluding hydrogens is 310 g/mol. The molecule has 1 aromatic carbocycles. The monoisotopic (exact) mass is 321 g/mol. The van der Waals surface area contributed by atoms with Gasteiger partial charge in [0.1, 0.15) is 11.4 Å². The summed E-state index contributed by atoms with van der Waals surface area (Å²) in [6, 6.07) is 5.62. The predicted molar refractivity (Wildman–Crippen MR) is 75.0 cm³/mol. The predicted octanol–water partition coefficient (Wildman–Crippen LogP) is 2.07. The zero-order valence-electron chi connectivity index (χ0n) is 10.5. The molecule has 0 unspecified atom stereocenters. The second kappa shape index (κ2) is 4.97. The SMILES string of the molecule is Cc1cc(Br)ccc1-c1nn(C)c(C(N)=O)c1C=O. The van der Waals surface area contributed by atoms with E-state index in [1.165, 1.54) is 4.68 Å². The van der Waals surface area contributed by atoms with E-state index in [9.17, 15) is 9.59 Å². The van der Waals surface area contributed by atoms with Gasteiger partial charge in [-0.05, 0) is 24.6 Å². The van der Waals surface area contributed by atoms with E-state index in [1.807, 2.05) is 25.1 Å². The molecule has 0 spiro atoms. The molecule has 2 N–H and O–H groups in total. The van der Waals surface area contributed by atoms with E-state index in [4.69, 9.17) is 5.73 Å². The summed E-state index contributed by atoms with van der Waals surface area (Å²) in [5, 5.41) is 4.23. The van der Waals surface area contributed by atoms with Gasteiger partial charge < -0.3 is 5.73 Å². The number of hydrogen-bond donors (Lipinski definition) is 1. The molecule has 19 heavy (non-hydrogen) atoms. The van der Waals surface area contributed by atoms with Crippen LogP contribution in [-0.4, -0.2) is 22.0 Å². The number of benzene rings is 1. The highest BCUT2D eigenvalue weighted by Gasteiger charge is 2.21. The topological polar surface area (TPSA) is 78.0 Å². The van der Waals surface area contributed by atoms with Gasteiger partial charge in [-0.3, -0.25) is 14.3 Å². The number of carbonyl (C=O) groups excluding carboxylic acids is 2. The smallest absolute Gasteiger partial charge is 0.267 e. The number of halogens is 1. The number of amides is 1. The van der Waals surface area contributed by atoms with Crippen LogP contribution in [0.5, 0.6) is 0 Å². The number of nitrogens with two attached hydrogens (primary N) is 1. The first kappa shape index (κ1) is 13.5. The van der Waals surface area contributed by atoms with Crippen molar-refractivity contribution in [3.8, 4) is 11.3 Å². The Bertz CT molecular complexity index is 677. The van der Waals surface area contributed by atoms with Crippen LogP contribution in [-0.2, 0) is 7.05 Å². The fourth-order valence-corrected chi connectivity index (χ4v) is 2.51. The van der Waals surface area contributed by atoms with Crippen LogP contribution in [0.25, 0.3) is 11.3 Å². The van der Waals surface area contributed by atoms with Crippen LogP contribution in [0.3, 0.4) is 0 Å². The minimum absolute atomic E-state index is 0.118. The van der Waals surface area contributed by atoms with E-state index in [2.05, 4.69) is 21.0 Å². The van der Waals surface area contributed by atoms with Crippen molar-refractivity contribution in [2.75, 3.05) is 0 Å². The lowest BCUT2D eigenvalue weighted by molar-refractivity contribution is 0.0984. The van der Waals surface area contributed by atoms with Crippen LogP contribution in [0.2, 0.25) is 0 Å². The molecule has 1 amide bonds. The highest BCUT2D eigenvalue weighted by atomic mass is 79.9. The summed E-state index contributed by atoms with van der Waals surface area (Å²) in [7, 11) is 1.59. The number of nitrogens with zero attached hydrogens (tertiary/aromatic N) is 2. The Kier molecular flexibility index (Phi) is 3.53. The van der Waals surface area contributed by atoms with Crippen LogP contribution in [0.1, 0.15) is 26.4 Å². The maximum atomic E-state index is 11.4. The maximum absolute atomic E-state index is 11.4. The first-order valence-electron chi connectivity index (χ1n) is 5.54. The third-order valence-corrected chi connectivity index (χ3v) is 3.37. The fraction of sp³-hybridized carbons (Fsp3) is 0.154. The molecule has 0 saturated carbocycles. The summed E-state index contributed by atoms with van der Waals surface area (Å²) < 4.78 is 2.27. The summed E-state index contributed by atoms with van der Waals surface area (Å²) in [5.74, 6) is -0.668. The van der Waals surface area contributed by atoms with Gasteiger partial charge in [0.2, 0.25) is 0 Å². The lowest BCUT2D eigenvalue weighted by Crippen LogP contribution is -2.17. The van der Waals surface area contributed by atoms with Gasteiger partial charge in [-0.2, -0.15) is 5.10 Å². The Labute approximate surface area is 118 Å². The van der Waals surface area contributed by atoms with Crippen LogP contribution >= 0.6 is 15.9 Å². The lowest BCUT2D eigenvalue weighted by atomic mass is 10.0. The Morgan fingerprint density at radius 3 is 2.68 bits per heavy atom. The van der Waals surface area contributed by atoms with Gasteiger partial charge in [0.05, 0.1) is 5.56 Å². The standard InChI is InChI=1S/C13H12BrN3O2/c1-7-5-8(14)3-4-9(7)11-10(6-18)12(13(15)19)17(2)16-11/h3-6H,1-2H3,(H2,15,19). The quantitative estimate of drug-likeness (QED) is 0.879. The van der Waals surface area contributed by atoms with Gasteiger partial charge >= 0.3 is 0 Å². The van der Waals surface area contributed by atoms with Gasteiger partial charge in [0.25, 0.3) is 5.91 Å². The number of aldehydes is 1. The number of hydrogen-bond acceptors (Lipinski definition) is 3. The molecule has 1 heterocycles. The zero-order valence-corrected chi connectivity index (χ0v) is 12.1. The molecule has 0 aliphatic heterocycles. The average molecular weight is 322 g/mol. The first-order chi connectivity index (χ1) is 8.95. The van der Waals surface area contributed by atoms with Gasteiger partial charge in [-0.1, -0.05) is 22.0 Å². The largest absolute Gasteiger partial charge is 0.364 e. The highest BCUT2D eigenvalue weighted by Crippen LogP contribution is 2.28. The van der Waals surface area contributed by atoms with Crippen molar-refractivity contribution in [3.05, 3.63) is 39.5 Å².